The van der Waals surface area contributed by atoms with Crippen LogP contribution in [0.2, 0.25) is 5.02 Å². The monoisotopic (exact) mass is 593 g/mol. The van der Waals surface area contributed by atoms with E-state index in [0.29, 0.717) is 41.8 Å². The van der Waals surface area contributed by atoms with Gasteiger partial charge in [-0.25, -0.2) is 8.78 Å². The number of nitrogens with one attached hydrogen (secondary N) is 1. The molecule has 42 heavy (non-hydrogen) atoms. The lowest BCUT2D eigenvalue weighted by Crippen LogP contribution is -2.37. The van der Waals surface area contributed by atoms with Crippen LogP contribution in [0.1, 0.15) is 55.3 Å². The van der Waals surface area contributed by atoms with Gasteiger partial charge in [0.25, 0.3) is 0 Å². The second-order valence-electron chi connectivity index (χ2n) is 10.6. The van der Waals surface area contributed by atoms with E-state index in [0.717, 1.165) is 17.7 Å². The van der Waals surface area contributed by atoms with Gasteiger partial charge in [-0.05, 0) is 66.3 Å². The SMILES string of the molecule is COC(=O)Cc1ccc2c(c1)NC(=O)[C@H](C)CCC[C@H](N1CCC(c3c(F)ccc(Cl)c3F)=CC1=O)c1ccnc-2c1. The Kier molecular flexibility index (Phi) is 8.68. The van der Waals surface area contributed by atoms with Gasteiger partial charge in [0.15, 0.2) is 5.82 Å². The fraction of sp³-hybridized carbons (Fsp3) is 0.312. The summed E-state index contributed by atoms with van der Waals surface area (Å²) in [4.78, 5) is 44.7. The van der Waals surface area contributed by atoms with Crippen molar-refractivity contribution < 1.29 is 27.9 Å². The Balaban J connectivity index is 1.52. The van der Waals surface area contributed by atoms with Crippen molar-refractivity contribution in [1.29, 1.82) is 0 Å². The zero-order valence-electron chi connectivity index (χ0n) is 23.3. The highest BCUT2D eigenvalue weighted by molar-refractivity contribution is 6.31. The van der Waals surface area contributed by atoms with E-state index in [2.05, 4.69) is 10.3 Å². The van der Waals surface area contributed by atoms with Gasteiger partial charge in [0, 0.05) is 30.3 Å². The van der Waals surface area contributed by atoms with Gasteiger partial charge in [-0.3, -0.25) is 19.4 Å². The van der Waals surface area contributed by atoms with Gasteiger partial charge in [0.05, 0.1) is 41.5 Å². The minimum Gasteiger partial charge on any atom is -0.469 e. The number of methoxy groups -OCH3 is 1. The molecule has 0 unspecified atom stereocenters. The zero-order chi connectivity index (χ0) is 30.0. The Morgan fingerprint density at radius 1 is 1.14 bits per heavy atom. The van der Waals surface area contributed by atoms with E-state index in [1.165, 1.54) is 13.2 Å². The molecule has 218 valence electrons. The Morgan fingerprint density at radius 2 is 1.95 bits per heavy atom. The molecule has 0 fully saturated rings. The number of hydrogen-bond donors (Lipinski definition) is 1. The van der Waals surface area contributed by atoms with Crippen LogP contribution in [0.5, 0.6) is 0 Å². The summed E-state index contributed by atoms with van der Waals surface area (Å²) in [5.41, 5.74) is 3.32. The number of anilines is 1. The molecule has 2 atom stereocenters. The van der Waals surface area contributed by atoms with Crippen LogP contribution in [0.25, 0.3) is 16.8 Å². The maximum Gasteiger partial charge on any atom is 0.309 e. The lowest BCUT2D eigenvalue weighted by molar-refractivity contribution is -0.139. The fourth-order valence-corrected chi connectivity index (χ4v) is 5.72. The van der Waals surface area contributed by atoms with Crippen molar-refractivity contribution >= 4 is 40.6 Å². The van der Waals surface area contributed by atoms with Crippen molar-refractivity contribution in [3.63, 3.8) is 0 Å². The van der Waals surface area contributed by atoms with Crippen LogP contribution in [0.15, 0.2) is 54.7 Å². The number of nitrogens with zero attached hydrogens (tertiary/aromatic N) is 2. The molecule has 2 bridgehead atoms. The van der Waals surface area contributed by atoms with Gasteiger partial charge in [0.2, 0.25) is 11.8 Å². The average molecular weight is 594 g/mol. The maximum atomic E-state index is 14.7. The summed E-state index contributed by atoms with van der Waals surface area (Å²) >= 11 is 5.89. The largest absolute Gasteiger partial charge is 0.469 e. The smallest absolute Gasteiger partial charge is 0.309 e. The van der Waals surface area contributed by atoms with E-state index in [4.69, 9.17) is 16.3 Å². The van der Waals surface area contributed by atoms with Crippen molar-refractivity contribution in [2.24, 2.45) is 5.92 Å². The number of esters is 1. The number of carbonyl (C=O) groups excluding carboxylic acids is 3. The molecule has 2 aromatic carbocycles. The zero-order valence-corrected chi connectivity index (χ0v) is 24.0. The van der Waals surface area contributed by atoms with Crippen LogP contribution >= 0.6 is 11.6 Å². The third-order valence-corrected chi connectivity index (χ3v) is 8.16. The lowest BCUT2D eigenvalue weighted by Gasteiger charge is -2.35. The molecule has 2 aliphatic rings. The summed E-state index contributed by atoms with van der Waals surface area (Å²) in [6, 6.07) is 11.0. The van der Waals surface area contributed by atoms with E-state index in [-0.39, 0.29) is 59.3 Å². The van der Waals surface area contributed by atoms with E-state index in [1.54, 1.807) is 29.3 Å². The molecular formula is C32H30ClF2N3O4. The summed E-state index contributed by atoms with van der Waals surface area (Å²) in [5, 5.41) is 2.80. The molecule has 10 heteroatoms. The van der Waals surface area contributed by atoms with Gasteiger partial charge >= 0.3 is 5.97 Å². The van der Waals surface area contributed by atoms with E-state index >= 15 is 0 Å². The van der Waals surface area contributed by atoms with Gasteiger partial charge in [-0.1, -0.05) is 37.1 Å². The molecule has 2 aliphatic heterocycles. The van der Waals surface area contributed by atoms with E-state index in [1.807, 2.05) is 19.1 Å². The summed E-state index contributed by atoms with van der Waals surface area (Å²) in [6.07, 6.45) is 5.07. The molecule has 0 aliphatic carbocycles. The first kappa shape index (κ1) is 29.4. The summed E-state index contributed by atoms with van der Waals surface area (Å²) in [6.45, 7) is 2.10. The standard InChI is InChI=1S/C32H30ClF2N3O4/c1-18-4-3-5-27(38-13-11-21(17-28(38)39)30-24(34)9-8-23(33)31(30)35)20-10-12-36-25(16-20)22-7-6-19(15-29(40)42-2)14-26(22)37-32(18)41/h6-10,12,14,16-18,27H,3-5,11,13,15H2,1-2H3,(H,37,41)/t18-,27+/m1/s1. The predicted octanol–water partition coefficient (Wildman–Crippen LogP) is 6.51. The normalized spacial score (nSPS) is 19.2. The summed E-state index contributed by atoms with van der Waals surface area (Å²) in [7, 11) is 1.32. The van der Waals surface area contributed by atoms with Gasteiger partial charge in [0.1, 0.15) is 5.82 Å². The minimum atomic E-state index is -0.880. The van der Waals surface area contributed by atoms with Gasteiger partial charge in [-0.15, -0.1) is 0 Å². The number of aromatic nitrogens is 1. The third kappa shape index (κ3) is 6.06. The molecule has 0 radical (unpaired) electrons. The number of amides is 2. The molecule has 0 saturated carbocycles. The second kappa shape index (κ2) is 12.4. The molecule has 0 spiro atoms. The van der Waals surface area contributed by atoms with Crippen molar-refractivity contribution in [3.05, 3.63) is 88.1 Å². The summed E-state index contributed by atoms with van der Waals surface area (Å²) < 4.78 is 34.1. The molecule has 0 saturated heterocycles. The fourth-order valence-electron chi connectivity index (χ4n) is 5.56. The van der Waals surface area contributed by atoms with E-state index in [9.17, 15) is 23.2 Å². The number of hydrogen-bond acceptors (Lipinski definition) is 5. The second-order valence-corrected chi connectivity index (χ2v) is 11.0. The highest BCUT2D eigenvalue weighted by Crippen LogP contribution is 2.37. The number of fused-ring (bicyclic) bond motifs is 4. The highest BCUT2D eigenvalue weighted by atomic mass is 35.5. The first-order valence-corrected chi connectivity index (χ1v) is 14.2. The van der Waals surface area contributed by atoms with Crippen LogP contribution < -0.4 is 5.32 Å². The molecule has 1 N–H and O–H groups in total. The number of ether oxygens (including phenoxy) is 1. The predicted molar refractivity (Wildman–Crippen MR) is 155 cm³/mol. The Bertz CT molecular complexity index is 1590. The Morgan fingerprint density at radius 3 is 2.71 bits per heavy atom. The van der Waals surface area contributed by atoms with Crippen LogP contribution in [0, 0.1) is 17.6 Å². The van der Waals surface area contributed by atoms with Crippen LogP contribution in [-0.4, -0.2) is 41.3 Å². The number of carbonyl (C=O) groups is 3. The molecule has 7 nitrogen and oxygen atoms in total. The summed E-state index contributed by atoms with van der Waals surface area (Å²) in [5.74, 6) is -2.87. The molecule has 5 rings (SSSR count). The first-order chi connectivity index (χ1) is 20.2. The molecule has 1 aromatic heterocycles. The minimum absolute atomic E-state index is 0.0559. The third-order valence-electron chi connectivity index (χ3n) is 7.87. The average Bonchev–Trinajstić information content (AvgIpc) is 2.97. The van der Waals surface area contributed by atoms with Crippen LogP contribution in [0.3, 0.4) is 0 Å². The van der Waals surface area contributed by atoms with Crippen molar-refractivity contribution in [2.45, 2.75) is 45.1 Å². The maximum absolute atomic E-state index is 14.7. The quantitative estimate of drug-likeness (QED) is 0.275. The number of rotatable bonds is 4. The highest BCUT2D eigenvalue weighted by Gasteiger charge is 2.31. The molecular weight excluding hydrogens is 564 g/mol. The number of benzene rings is 2. The van der Waals surface area contributed by atoms with Gasteiger partial charge < -0.3 is 15.0 Å². The topological polar surface area (TPSA) is 88.6 Å². The number of pyridine rings is 1. The van der Waals surface area contributed by atoms with E-state index < -0.39 is 17.6 Å². The Labute approximate surface area is 247 Å². The lowest BCUT2D eigenvalue weighted by atomic mass is 9.91. The molecule has 3 aromatic rings. The van der Waals surface area contributed by atoms with Gasteiger partial charge in [-0.2, -0.15) is 0 Å². The molecule has 2 amide bonds. The van der Waals surface area contributed by atoms with Crippen molar-refractivity contribution in [2.75, 3.05) is 19.0 Å². The van der Waals surface area contributed by atoms with Crippen LogP contribution in [0.4, 0.5) is 14.5 Å². The first-order valence-electron chi connectivity index (χ1n) is 13.8. The number of halogens is 3. The van der Waals surface area contributed by atoms with Crippen LogP contribution in [-0.2, 0) is 25.5 Å². The van der Waals surface area contributed by atoms with Crippen molar-refractivity contribution in [1.82, 2.24) is 9.88 Å². The molecule has 3 heterocycles. The Hall–Kier alpha value is -4.11. The van der Waals surface area contributed by atoms with Crippen molar-refractivity contribution in [3.8, 4) is 11.3 Å².